The predicted molar refractivity (Wildman–Crippen MR) is 70.7 cm³/mol. The van der Waals surface area contributed by atoms with Gasteiger partial charge in [-0.3, -0.25) is 0 Å². The fourth-order valence-electron chi connectivity index (χ4n) is 3.10. The zero-order valence-corrected chi connectivity index (χ0v) is 11.0. The molecule has 2 saturated heterocycles. The molecule has 0 aromatic carbocycles. The number of nitrogens with zero attached hydrogens (tertiary/aromatic N) is 2. The number of hydrogen-bond acceptors (Lipinski definition) is 3. The van der Waals surface area contributed by atoms with Crippen molar-refractivity contribution in [2.45, 2.75) is 50.7 Å². The molecule has 4 nitrogen and oxygen atoms in total. The van der Waals surface area contributed by atoms with Gasteiger partial charge in [-0.2, -0.15) is 0 Å². The average Bonchev–Trinajstić information content (AvgIpc) is 2.89. The third-order valence-electron chi connectivity index (χ3n) is 4.13. The fourth-order valence-corrected chi connectivity index (χ4v) is 3.10. The van der Waals surface area contributed by atoms with Crippen LogP contribution in [0.1, 0.15) is 43.7 Å². The maximum absolute atomic E-state index is 5.83. The van der Waals surface area contributed by atoms with Crippen molar-refractivity contribution < 1.29 is 4.74 Å². The largest absolute Gasteiger partial charge is 0.376 e. The van der Waals surface area contributed by atoms with Gasteiger partial charge < -0.3 is 14.6 Å². The molecule has 2 aliphatic heterocycles. The third kappa shape index (κ3) is 2.75. The van der Waals surface area contributed by atoms with Crippen LogP contribution in [0.25, 0.3) is 0 Å². The summed E-state index contributed by atoms with van der Waals surface area (Å²) in [7, 11) is 0. The number of aromatic nitrogens is 2. The lowest BCUT2D eigenvalue weighted by Gasteiger charge is -2.27. The number of imidazole rings is 1. The minimum absolute atomic E-state index is 0.392. The summed E-state index contributed by atoms with van der Waals surface area (Å²) in [6.45, 7) is 4.17. The van der Waals surface area contributed by atoms with E-state index >= 15 is 0 Å². The monoisotopic (exact) mass is 249 g/mol. The maximum Gasteiger partial charge on any atom is 0.0949 e. The second-order valence-corrected chi connectivity index (χ2v) is 5.50. The van der Waals surface area contributed by atoms with Crippen molar-refractivity contribution in [1.82, 2.24) is 14.9 Å². The SMILES string of the molecule is c1ncn(CC2CCCCO2)c1C1CCCNC1. The van der Waals surface area contributed by atoms with E-state index in [4.69, 9.17) is 4.74 Å². The third-order valence-corrected chi connectivity index (χ3v) is 4.13. The topological polar surface area (TPSA) is 39.1 Å². The number of hydrogen-bond donors (Lipinski definition) is 1. The minimum atomic E-state index is 0.392. The molecule has 1 N–H and O–H groups in total. The molecule has 3 rings (SSSR count). The van der Waals surface area contributed by atoms with Crippen molar-refractivity contribution in [2.24, 2.45) is 0 Å². The molecule has 2 atom stereocenters. The maximum atomic E-state index is 5.83. The first-order valence-corrected chi connectivity index (χ1v) is 7.26. The molecule has 1 aromatic heterocycles. The van der Waals surface area contributed by atoms with Crippen LogP contribution in [0.4, 0.5) is 0 Å². The Bertz CT molecular complexity index is 365. The lowest BCUT2D eigenvalue weighted by atomic mass is 9.96. The summed E-state index contributed by atoms with van der Waals surface area (Å²) in [6.07, 6.45) is 10.7. The van der Waals surface area contributed by atoms with Crippen molar-refractivity contribution in [3.05, 3.63) is 18.2 Å². The summed E-state index contributed by atoms with van der Waals surface area (Å²) in [5.41, 5.74) is 1.39. The first-order chi connectivity index (χ1) is 8.93. The Labute approximate surface area is 109 Å². The zero-order valence-electron chi connectivity index (χ0n) is 11.0. The molecule has 3 heterocycles. The summed E-state index contributed by atoms with van der Waals surface area (Å²) < 4.78 is 8.14. The van der Waals surface area contributed by atoms with Gasteiger partial charge in [0.1, 0.15) is 0 Å². The molecule has 0 amide bonds. The molecule has 4 heteroatoms. The Kier molecular flexibility index (Phi) is 3.96. The van der Waals surface area contributed by atoms with Crippen molar-refractivity contribution >= 4 is 0 Å². The van der Waals surface area contributed by atoms with Crippen LogP contribution < -0.4 is 5.32 Å². The summed E-state index contributed by atoms with van der Waals surface area (Å²) in [5.74, 6) is 0.629. The Morgan fingerprint density at radius 3 is 3.11 bits per heavy atom. The van der Waals surface area contributed by atoms with Crippen LogP contribution in [0.15, 0.2) is 12.5 Å². The first kappa shape index (κ1) is 12.2. The van der Waals surface area contributed by atoms with E-state index in [2.05, 4.69) is 14.9 Å². The highest BCUT2D eigenvalue weighted by Crippen LogP contribution is 2.24. The molecular weight excluding hydrogens is 226 g/mol. The predicted octanol–water partition coefficient (Wildman–Crippen LogP) is 1.92. The molecular formula is C14H23N3O. The highest BCUT2D eigenvalue weighted by Gasteiger charge is 2.21. The minimum Gasteiger partial charge on any atom is -0.376 e. The Hall–Kier alpha value is -0.870. The summed E-state index contributed by atoms with van der Waals surface area (Å²) in [6, 6.07) is 0. The van der Waals surface area contributed by atoms with E-state index < -0.39 is 0 Å². The molecule has 0 bridgehead atoms. The summed E-state index contributed by atoms with van der Waals surface area (Å²) in [4.78, 5) is 4.34. The fraction of sp³-hybridized carbons (Fsp3) is 0.786. The van der Waals surface area contributed by atoms with E-state index in [0.29, 0.717) is 12.0 Å². The highest BCUT2D eigenvalue weighted by atomic mass is 16.5. The normalized spacial score (nSPS) is 29.3. The second kappa shape index (κ2) is 5.85. The van der Waals surface area contributed by atoms with Gasteiger partial charge in [-0.25, -0.2) is 4.98 Å². The van der Waals surface area contributed by atoms with Gasteiger partial charge in [0.15, 0.2) is 0 Å². The Morgan fingerprint density at radius 1 is 1.33 bits per heavy atom. The van der Waals surface area contributed by atoms with Gasteiger partial charge in [0, 0.05) is 31.0 Å². The zero-order chi connectivity index (χ0) is 12.2. The van der Waals surface area contributed by atoms with Gasteiger partial charge in [0.05, 0.1) is 19.0 Å². The van der Waals surface area contributed by atoms with Crippen molar-refractivity contribution in [3.8, 4) is 0 Å². The lowest BCUT2D eigenvalue weighted by Crippen LogP contribution is -2.31. The van der Waals surface area contributed by atoms with Crippen LogP contribution in [0, 0.1) is 0 Å². The molecule has 0 aliphatic carbocycles. The van der Waals surface area contributed by atoms with Gasteiger partial charge in [0.2, 0.25) is 0 Å². The van der Waals surface area contributed by atoms with Gasteiger partial charge in [-0.1, -0.05) is 0 Å². The van der Waals surface area contributed by atoms with E-state index in [0.717, 1.165) is 26.2 Å². The molecule has 100 valence electrons. The van der Waals surface area contributed by atoms with Gasteiger partial charge in [-0.15, -0.1) is 0 Å². The first-order valence-electron chi connectivity index (χ1n) is 7.26. The van der Waals surface area contributed by atoms with E-state index in [9.17, 15) is 0 Å². The number of rotatable bonds is 3. The Balaban J connectivity index is 1.66. The van der Waals surface area contributed by atoms with E-state index in [1.807, 2.05) is 12.5 Å². The van der Waals surface area contributed by atoms with Crippen LogP contribution in [0.3, 0.4) is 0 Å². The molecule has 18 heavy (non-hydrogen) atoms. The molecule has 2 aliphatic rings. The second-order valence-electron chi connectivity index (χ2n) is 5.50. The van der Waals surface area contributed by atoms with E-state index in [1.54, 1.807) is 0 Å². The number of piperidine rings is 1. The van der Waals surface area contributed by atoms with Crippen LogP contribution in [0.2, 0.25) is 0 Å². The van der Waals surface area contributed by atoms with Crippen LogP contribution in [-0.4, -0.2) is 35.4 Å². The van der Waals surface area contributed by atoms with Crippen molar-refractivity contribution in [2.75, 3.05) is 19.7 Å². The molecule has 1 aromatic rings. The van der Waals surface area contributed by atoms with Crippen LogP contribution in [-0.2, 0) is 11.3 Å². The quantitative estimate of drug-likeness (QED) is 0.889. The van der Waals surface area contributed by atoms with E-state index in [1.165, 1.54) is 37.8 Å². The molecule has 2 unspecified atom stereocenters. The van der Waals surface area contributed by atoms with Gasteiger partial charge >= 0.3 is 0 Å². The van der Waals surface area contributed by atoms with Crippen molar-refractivity contribution in [3.63, 3.8) is 0 Å². The standard InChI is InChI=1S/C14H23N3O/c1-2-7-18-13(5-1)10-17-11-16-9-14(17)12-4-3-6-15-8-12/h9,11-13,15H,1-8,10H2. The van der Waals surface area contributed by atoms with E-state index in [-0.39, 0.29) is 0 Å². The van der Waals surface area contributed by atoms with Gasteiger partial charge in [-0.05, 0) is 38.6 Å². The molecule has 0 radical (unpaired) electrons. The van der Waals surface area contributed by atoms with Gasteiger partial charge in [0.25, 0.3) is 0 Å². The number of ether oxygens (including phenoxy) is 1. The average molecular weight is 249 g/mol. The smallest absolute Gasteiger partial charge is 0.0949 e. The molecule has 0 spiro atoms. The Morgan fingerprint density at radius 2 is 2.33 bits per heavy atom. The lowest BCUT2D eigenvalue weighted by molar-refractivity contribution is 0.00537. The number of nitrogens with one attached hydrogen (secondary N) is 1. The molecule has 0 saturated carbocycles. The highest BCUT2D eigenvalue weighted by molar-refractivity contribution is 5.08. The van der Waals surface area contributed by atoms with Crippen LogP contribution >= 0.6 is 0 Å². The summed E-state index contributed by atoms with van der Waals surface area (Å²) >= 11 is 0. The van der Waals surface area contributed by atoms with Crippen molar-refractivity contribution in [1.29, 1.82) is 0 Å². The molecule has 2 fully saturated rings. The van der Waals surface area contributed by atoms with Crippen LogP contribution in [0.5, 0.6) is 0 Å². The summed E-state index contributed by atoms with van der Waals surface area (Å²) in [5, 5.41) is 3.48.